The van der Waals surface area contributed by atoms with Crippen molar-refractivity contribution in [2.45, 2.75) is 18.2 Å². The number of carbonyl (C=O) groups is 1. The first-order valence-corrected chi connectivity index (χ1v) is 9.27. The van der Waals surface area contributed by atoms with E-state index in [4.69, 9.17) is 0 Å². The first-order chi connectivity index (χ1) is 12.1. The fraction of sp³-hybridized carbons (Fsp3) is 0.316. The molecule has 2 unspecified atom stereocenters. The smallest absolute Gasteiger partial charge is 0.317 e. The van der Waals surface area contributed by atoms with Crippen LogP contribution in [-0.2, 0) is 0 Å². The Balaban J connectivity index is 1.66. The summed E-state index contributed by atoms with van der Waals surface area (Å²) < 4.78 is 27.7. The van der Waals surface area contributed by atoms with E-state index in [0.29, 0.717) is 13.1 Å². The highest BCUT2D eigenvalue weighted by Gasteiger charge is 2.27. The van der Waals surface area contributed by atoms with Crippen molar-refractivity contribution in [3.63, 3.8) is 0 Å². The summed E-state index contributed by atoms with van der Waals surface area (Å²) in [7, 11) is 0. The van der Waals surface area contributed by atoms with Gasteiger partial charge in [0.2, 0.25) is 0 Å². The number of hydrogen-bond acceptors (Lipinski definition) is 2. The van der Waals surface area contributed by atoms with Gasteiger partial charge in [-0.05, 0) is 24.6 Å². The molecule has 0 aromatic heterocycles. The molecule has 6 heteroatoms. The minimum atomic E-state index is -0.738. The zero-order valence-electron chi connectivity index (χ0n) is 13.9. The molecule has 0 bridgehead atoms. The summed E-state index contributed by atoms with van der Waals surface area (Å²) in [5.74, 6) is -0.469. The minimum absolute atomic E-state index is 0.109. The number of nitrogens with one attached hydrogen (secondary N) is 1. The van der Waals surface area contributed by atoms with Crippen LogP contribution in [0.4, 0.5) is 13.6 Å². The van der Waals surface area contributed by atoms with Crippen LogP contribution in [0.1, 0.15) is 29.3 Å². The molecule has 25 heavy (non-hydrogen) atoms. The Morgan fingerprint density at radius 2 is 1.84 bits per heavy atom. The van der Waals surface area contributed by atoms with Crippen molar-refractivity contribution in [1.29, 1.82) is 0 Å². The molecular formula is C19H20F2N2OS. The molecular weight excluding hydrogens is 342 g/mol. The van der Waals surface area contributed by atoms with E-state index in [1.807, 2.05) is 30.0 Å². The molecule has 1 fully saturated rings. The highest BCUT2D eigenvalue weighted by atomic mass is 32.2. The SMILES string of the molecule is CC(NC(=O)N1CCSC(c2ccccc2)C1)c1c(F)cccc1F. The third-order valence-electron chi connectivity index (χ3n) is 4.30. The van der Waals surface area contributed by atoms with Gasteiger partial charge in [0.05, 0.1) is 6.04 Å². The Morgan fingerprint density at radius 1 is 1.16 bits per heavy atom. The largest absolute Gasteiger partial charge is 0.331 e. The molecule has 1 N–H and O–H groups in total. The van der Waals surface area contributed by atoms with Gasteiger partial charge in [-0.3, -0.25) is 0 Å². The molecule has 2 amide bonds. The standard InChI is InChI=1S/C19H20F2N2OS/c1-13(18-15(20)8-5-9-16(18)21)22-19(24)23-10-11-25-17(12-23)14-6-3-2-4-7-14/h2-9,13,17H,10-12H2,1H3,(H,22,24). The van der Waals surface area contributed by atoms with Gasteiger partial charge in [-0.25, -0.2) is 13.6 Å². The molecule has 1 aliphatic rings. The van der Waals surface area contributed by atoms with E-state index >= 15 is 0 Å². The molecule has 1 saturated heterocycles. The molecule has 3 rings (SSSR count). The van der Waals surface area contributed by atoms with E-state index in [-0.39, 0.29) is 16.8 Å². The second kappa shape index (κ2) is 7.87. The predicted octanol–water partition coefficient (Wildman–Crippen LogP) is 4.53. The molecule has 0 aliphatic carbocycles. The average molecular weight is 362 g/mol. The van der Waals surface area contributed by atoms with Gasteiger partial charge in [0.25, 0.3) is 0 Å². The van der Waals surface area contributed by atoms with Crippen molar-refractivity contribution in [1.82, 2.24) is 10.2 Å². The van der Waals surface area contributed by atoms with Crippen LogP contribution in [-0.4, -0.2) is 29.8 Å². The molecule has 1 aliphatic heterocycles. The number of carbonyl (C=O) groups excluding carboxylic acids is 1. The Morgan fingerprint density at radius 3 is 2.52 bits per heavy atom. The van der Waals surface area contributed by atoms with Crippen LogP contribution < -0.4 is 5.32 Å². The molecule has 0 spiro atoms. The highest BCUT2D eigenvalue weighted by molar-refractivity contribution is 7.99. The summed E-state index contributed by atoms with van der Waals surface area (Å²) in [6, 6.07) is 12.7. The van der Waals surface area contributed by atoms with Crippen LogP contribution in [0, 0.1) is 11.6 Å². The normalized spacial score (nSPS) is 18.7. The van der Waals surface area contributed by atoms with Crippen LogP contribution in [0.3, 0.4) is 0 Å². The van der Waals surface area contributed by atoms with Gasteiger partial charge in [0, 0.05) is 29.7 Å². The first-order valence-electron chi connectivity index (χ1n) is 8.22. The quantitative estimate of drug-likeness (QED) is 0.870. The van der Waals surface area contributed by atoms with Crippen LogP contribution in [0.15, 0.2) is 48.5 Å². The lowest BCUT2D eigenvalue weighted by molar-refractivity contribution is 0.196. The first kappa shape index (κ1) is 17.7. The van der Waals surface area contributed by atoms with Gasteiger partial charge in [0.15, 0.2) is 0 Å². The lowest BCUT2D eigenvalue weighted by Crippen LogP contribution is -2.46. The van der Waals surface area contributed by atoms with Crippen molar-refractivity contribution < 1.29 is 13.6 Å². The predicted molar refractivity (Wildman–Crippen MR) is 96.5 cm³/mol. The third-order valence-corrected chi connectivity index (χ3v) is 5.54. The molecule has 132 valence electrons. The summed E-state index contributed by atoms with van der Waals surface area (Å²) >= 11 is 1.82. The topological polar surface area (TPSA) is 32.3 Å². The summed E-state index contributed by atoms with van der Waals surface area (Å²) in [4.78, 5) is 14.3. The molecule has 0 saturated carbocycles. The summed E-state index contributed by atoms with van der Waals surface area (Å²) in [6.07, 6.45) is 0. The van der Waals surface area contributed by atoms with Crippen molar-refractivity contribution >= 4 is 17.8 Å². The fourth-order valence-corrected chi connectivity index (χ4v) is 4.22. The number of amides is 2. The van der Waals surface area contributed by atoms with Gasteiger partial charge in [0.1, 0.15) is 11.6 Å². The van der Waals surface area contributed by atoms with Gasteiger partial charge in [-0.15, -0.1) is 0 Å². The maximum atomic E-state index is 13.9. The van der Waals surface area contributed by atoms with E-state index in [1.54, 1.807) is 11.8 Å². The molecule has 2 aromatic rings. The Kier molecular flexibility index (Phi) is 5.58. The maximum Gasteiger partial charge on any atom is 0.317 e. The van der Waals surface area contributed by atoms with Crippen LogP contribution in [0.5, 0.6) is 0 Å². The van der Waals surface area contributed by atoms with E-state index < -0.39 is 17.7 Å². The number of urea groups is 1. The molecule has 1 heterocycles. The number of hydrogen-bond donors (Lipinski definition) is 1. The third kappa shape index (κ3) is 4.12. The maximum absolute atomic E-state index is 13.9. The van der Waals surface area contributed by atoms with Crippen molar-refractivity contribution in [2.24, 2.45) is 0 Å². The lowest BCUT2D eigenvalue weighted by Gasteiger charge is -2.33. The van der Waals surface area contributed by atoms with Gasteiger partial charge >= 0.3 is 6.03 Å². The highest BCUT2D eigenvalue weighted by Crippen LogP contribution is 2.33. The van der Waals surface area contributed by atoms with Crippen molar-refractivity contribution in [3.05, 3.63) is 71.3 Å². The van der Waals surface area contributed by atoms with E-state index in [2.05, 4.69) is 17.4 Å². The summed E-state index contributed by atoms with van der Waals surface area (Å²) in [5.41, 5.74) is 1.07. The molecule has 3 nitrogen and oxygen atoms in total. The number of nitrogens with zero attached hydrogens (tertiary/aromatic N) is 1. The van der Waals surface area contributed by atoms with Gasteiger partial charge in [-0.2, -0.15) is 11.8 Å². The van der Waals surface area contributed by atoms with Gasteiger partial charge in [-0.1, -0.05) is 36.4 Å². The molecule has 2 atom stereocenters. The Bertz CT molecular complexity index is 721. The lowest BCUT2D eigenvalue weighted by atomic mass is 10.1. The van der Waals surface area contributed by atoms with Gasteiger partial charge < -0.3 is 10.2 Å². The van der Waals surface area contributed by atoms with E-state index in [0.717, 1.165) is 5.75 Å². The van der Waals surface area contributed by atoms with Crippen molar-refractivity contribution in [2.75, 3.05) is 18.8 Å². The second-order valence-corrected chi connectivity index (χ2v) is 7.33. The summed E-state index contributed by atoms with van der Waals surface area (Å²) in [5, 5.41) is 2.93. The van der Waals surface area contributed by atoms with Crippen LogP contribution in [0.2, 0.25) is 0 Å². The fourth-order valence-electron chi connectivity index (χ4n) is 2.98. The number of thioether (sulfide) groups is 1. The van der Waals surface area contributed by atoms with Crippen LogP contribution >= 0.6 is 11.8 Å². The number of halogens is 2. The monoisotopic (exact) mass is 362 g/mol. The Labute approximate surface area is 150 Å². The number of benzene rings is 2. The second-order valence-electron chi connectivity index (χ2n) is 6.02. The van der Waals surface area contributed by atoms with Crippen LogP contribution in [0.25, 0.3) is 0 Å². The molecule has 2 aromatic carbocycles. The zero-order valence-corrected chi connectivity index (χ0v) is 14.7. The minimum Gasteiger partial charge on any atom is -0.331 e. The zero-order chi connectivity index (χ0) is 17.8. The number of rotatable bonds is 3. The summed E-state index contributed by atoms with van der Waals surface area (Å²) in [6.45, 7) is 2.78. The Hall–Kier alpha value is -2.08. The van der Waals surface area contributed by atoms with E-state index in [9.17, 15) is 13.6 Å². The van der Waals surface area contributed by atoms with E-state index in [1.165, 1.54) is 23.8 Å². The molecule has 0 radical (unpaired) electrons. The van der Waals surface area contributed by atoms with Crippen molar-refractivity contribution in [3.8, 4) is 0 Å². The average Bonchev–Trinajstić information content (AvgIpc) is 2.62.